The van der Waals surface area contributed by atoms with E-state index in [0.717, 1.165) is 37.7 Å². The molecule has 0 saturated heterocycles. The number of benzene rings is 2. The Labute approximate surface area is 189 Å². The summed E-state index contributed by atoms with van der Waals surface area (Å²) in [5.74, 6) is -0.385. The fourth-order valence-electron chi connectivity index (χ4n) is 3.50. The Kier molecular flexibility index (Phi) is 10.7. The van der Waals surface area contributed by atoms with Gasteiger partial charge in [-0.15, -0.1) is 0 Å². The summed E-state index contributed by atoms with van der Waals surface area (Å²) < 4.78 is 13.1. The van der Waals surface area contributed by atoms with Gasteiger partial charge in [0.25, 0.3) is 5.91 Å². The Morgan fingerprint density at radius 2 is 1.38 bits per heavy atom. The quantitative estimate of drug-likeness (QED) is 0.332. The molecule has 0 aliphatic rings. The number of aliphatic hydroxyl groups is 1. The lowest BCUT2D eigenvalue weighted by Gasteiger charge is -2.22. The highest BCUT2D eigenvalue weighted by atomic mass is 19.1. The van der Waals surface area contributed by atoms with Gasteiger partial charge in [0.1, 0.15) is 11.6 Å². The van der Waals surface area contributed by atoms with Crippen LogP contribution in [0.2, 0.25) is 0 Å². The summed E-state index contributed by atoms with van der Waals surface area (Å²) in [5.41, 5.74) is 1.84. The molecule has 0 radical (unpaired) electrons. The molecule has 0 bridgehead atoms. The average molecular weight is 442 g/mol. The van der Waals surface area contributed by atoms with Gasteiger partial charge < -0.3 is 14.8 Å². The minimum Gasteiger partial charge on any atom is -0.395 e. The Morgan fingerprint density at radius 1 is 0.812 bits per heavy atom. The summed E-state index contributed by atoms with van der Waals surface area (Å²) in [4.78, 5) is 37.5. The van der Waals surface area contributed by atoms with Gasteiger partial charge in [0.2, 0.25) is 0 Å². The van der Waals surface area contributed by atoms with E-state index in [2.05, 4.69) is 0 Å². The van der Waals surface area contributed by atoms with Crippen LogP contribution in [0.25, 0.3) is 0 Å². The molecule has 0 aliphatic heterocycles. The second-order valence-corrected chi connectivity index (χ2v) is 8.05. The first kappa shape index (κ1) is 25.4. The Morgan fingerprint density at radius 3 is 1.97 bits per heavy atom. The summed E-state index contributed by atoms with van der Waals surface area (Å²) in [6, 6.07) is 12.5. The van der Waals surface area contributed by atoms with E-state index < -0.39 is 5.82 Å². The first-order valence-corrected chi connectivity index (χ1v) is 11.2. The number of hydrogen-bond donors (Lipinski definition) is 1. The van der Waals surface area contributed by atoms with Gasteiger partial charge in [-0.2, -0.15) is 0 Å². The molecule has 1 amide bonds. The molecule has 0 unspecified atom stereocenters. The first-order valence-electron chi connectivity index (χ1n) is 11.2. The molecule has 0 fully saturated rings. The standard InChI is InChI=1S/C26H32FNO4/c1-20(30)7-5-3-2-4-6-8-25(31)22-11-9-21(10-12-22)19-28(17-18-29)26(32)23-13-15-24(27)16-14-23/h9-16,29H,2-8,17-19H2,1H3. The van der Waals surface area contributed by atoms with Gasteiger partial charge in [0, 0.05) is 37.1 Å². The number of halogens is 1. The molecular formula is C26H32FNO4. The van der Waals surface area contributed by atoms with Crippen molar-refractivity contribution in [1.82, 2.24) is 4.90 Å². The number of Topliss-reactive ketones (excluding diaryl/α,β-unsaturated/α-hetero) is 2. The molecule has 0 saturated carbocycles. The van der Waals surface area contributed by atoms with E-state index in [4.69, 9.17) is 0 Å². The largest absolute Gasteiger partial charge is 0.395 e. The van der Waals surface area contributed by atoms with Crippen molar-refractivity contribution in [2.75, 3.05) is 13.2 Å². The van der Waals surface area contributed by atoms with E-state index in [0.29, 0.717) is 24.0 Å². The maximum atomic E-state index is 13.1. The van der Waals surface area contributed by atoms with Crippen LogP contribution in [0.15, 0.2) is 48.5 Å². The van der Waals surface area contributed by atoms with E-state index >= 15 is 0 Å². The zero-order valence-electron chi connectivity index (χ0n) is 18.7. The van der Waals surface area contributed by atoms with Gasteiger partial charge in [-0.1, -0.05) is 43.5 Å². The highest BCUT2D eigenvalue weighted by Crippen LogP contribution is 2.15. The van der Waals surface area contributed by atoms with Crippen molar-refractivity contribution < 1.29 is 23.9 Å². The molecular weight excluding hydrogens is 409 g/mol. The Balaban J connectivity index is 1.84. The van der Waals surface area contributed by atoms with Crippen molar-refractivity contribution in [3.63, 3.8) is 0 Å². The number of amides is 1. The Hall–Kier alpha value is -2.86. The van der Waals surface area contributed by atoms with Crippen LogP contribution in [0, 0.1) is 5.82 Å². The molecule has 2 rings (SSSR count). The van der Waals surface area contributed by atoms with Crippen LogP contribution in [0.5, 0.6) is 0 Å². The maximum Gasteiger partial charge on any atom is 0.254 e. The fraction of sp³-hybridized carbons (Fsp3) is 0.423. The zero-order valence-corrected chi connectivity index (χ0v) is 18.7. The lowest BCUT2D eigenvalue weighted by atomic mass is 10.0. The molecule has 2 aromatic carbocycles. The number of unbranched alkanes of at least 4 members (excludes halogenated alkanes) is 4. The van der Waals surface area contributed by atoms with Gasteiger partial charge in [-0.3, -0.25) is 9.59 Å². The fourth-order valence-corrected chi connectivity index (χ4v) is 3.50. The van der Waals surface area contributed by atoms with Crippen LogP contribution < -0.4 is 0 Å². The monoisotopic (exact) mass is 441 g/mol. The average Bonchev–Trinajstić information content (AvgIpc) is 2.78. The molecule has 0 aromatic heterocycles. The lowest BCUT2D eigenvalue weighted by molar-refractivity contribution is -0.117. The number of carbonyl (C=O) groups excluding carboxylic acids is 3. The van der Waals surface area contributed by atoms with Crippen LogP contribution in [0.1, 0.15) is 78.1 Å². The second-order valence-electron chi connectivity index (χ2n) is 8.05. The van der Waals surface area contributed by atoms with Gasteiger partial charge in [0.15, 0.2) is 5.78 Å². The predicted molar refractivity (Wildman–Crippen MR) is 122 cm³/mol. The molecule has 0 spiro atoms. The van der Waals surface area contributed by atoms with E-state index in [1.807, 2.05) is 12.1 Å². The molecule has 1 N–H and O–H groups in total. The van der Waals surface area contributed by atoms with Gasteiger partial charge >= 0.3 is 0 Å². The van der Waals surface area contributed by atoms with E-state index in [9.17, 15) is 23.9 Å². The molecule has 172 valence electrons. The van der Waals surface area contributed by atoms with Gasteiger partial charge in [-0.05, 0) is 49.6 Å². The van der Waals surface area contributed by atoms with E-state index in [1.165, 1.54) is 29.2 Å². The van der Waals surface area contributed by atoms with Crippen LogP contribution in [0.3, 0.4) is 0 Å². The topological polar surface area (TPSA) is 74.7 Å². The normalized spacial score (nSPS) is 10.7. The highest BCUT2D eigenvalue weighted by molar-refractivity contribution is 5.96. The van der Waals surface area contributed by atoms with Crippen molar-refractivity contribution in [1.29, 1.82) is 0 Å². The van der Waals surface area contributed by atoms with Crippen molar-refractivity contribution in [2.45, 2.75) is 58.4 Å². The number of aliphatic hydroxyl groups excluding tert-OH is 1. The van der Waals surface area contributed by atoms with Crippen molar-refractivity contribution in [2.24, 2.45) is 0 Å². The van der Waals surface area contributed by atoms with E-state index in [-0.39, 0.29) is 37.2 Å². The van der Waals surface area contributed by atoms with Gasteiger partial charge in [-0.25, -0.2) is 4.39 Å². The number of hydrogen-bond acceptors (Lipinski definition) is 4. The summed E-state index contributed by atoms with van der Waals surface area (Å²) in [6.07, 6.45) is 5.90. The summed E-state index contributed by atoms with van der Waals surface area (Å²) >= 11 is 0. The molecule has 32 heavy (non-hydrogen) atoms. The predicted octanol–water partition coefficient (Wildman–Crippen LogP) is 4.96. The summed E-state index contributed by atoms with van der Waals surface area (Å²) in [5, 5.41) is 9.33. The smallest absolute Gasteiger partial charge is 0.254 e. The first-order chi connectivity index (χ1) is 15.4. The lowest BCUT2D eigenvalue weighted by Crippen LogP contribution is -2.33. The minimum atomic E-state index is -0.413. The number of ketones is 2. The van der Waals surface area contributed by atoms with Crippen molar-refractivity contribution in [3.8, 4) is 0 Å². The molecule has 0 heterocycles. The van der Waals surface area contributed by atoms with Gasteiger partial charge in [0.05, 0.1) is 6.61 Å². The van der Waals surface area contributed by atoms with Crippen molar-refractivity contribution >= 4 is 17.5 Å². The molecule has 0 aliphatic carbocycles. The number of carbonyl (C=O) groups is 3. The summed E-state index contributed by atoms with van der Waals surface area (Å²) in [6.45, 7) is 1.87. The second kappa shape index (κ2) is 13.5. The van der Waals surface area contributed by atoms with Crippen LogP contribution in [0.4, 0.5) is 4.39 Å². The highest BCUT2D eigenvalue weighted by Gasteiger charge is 2.16. The number of rotatable bonds is 14. The zero-order chi connectivity index (χ0) is 23.3. The van der Waals surface area contributed by atoms with Crippen LogP contribution in [-0.4, -0.2) is 40.6 Å². The third kappa shape index (κ3) is 8.71. The molecule has 0 atom stereocenters. The number of nitrogens with zero attached hydrogens (tertiary/aromatic N) is 1. The molecule has 6 heteroatoms. The maximum absolute atomic E-state index is 13.1. The Bertz CT molecular complexity index is 878. The van der Waals surface area contributed by atoms with Crippen LogP contribution >= 0.6 is 0 Å². The SMILES string of the molecule is CC(=O)CCCCCCCC(=O)c1ccc(CN(CCO)C(=O)c2ccc(F)cc2)cc1. The van der Waals surface area contributed by atoms with Crippen LogP contribution in [-0.2, 0) is 11.3 Å². The minimum absolute atomic E-state index is 0.0925. The van der Waals surface area contributed by atoms with E-state index in [1.54, 1.807) is 19.1 Å². The van der Waals surface area contributed by atoms with Crippen molar-refractivity contribution in [3.05, 3.63) is 71.0 Å². The third-order valence-corrected chi connectivity index (χ3v) is 5.33. The summed E-state index contributed by atoms with van der Waals surface area (Å²) in [7, 11) is 0. The molecule has 5 nitrogen and oxygen atoms in total. The third-order valence-electron chi connectivity index (χ3n) is 5.33. The molecule has 2 aromatic rings.